The summed E-state index contributed by atoms with van der Waals surface area (Å²) < 4.78 is 0. The third-order valence-corrected chi connectivity index (χ3v) is 2.73. The molecule has 0 aliphatic heterocycles. The topological polar surface area (TPSA) is 57.5 Å². The fourth-order valence-electron chi connectivity index (χ4n) is 1.66. The van der Waals surface area contributed by atoms with Crippen LogP contribution in [0.15, 0.2) is 12.2 Å². The van der Waals surface area contributed by atoms with Gasteiger partial charge in [0.25, 0.3) is 0 Å². The summed E-state index contributed by atoms with van der Waals surface area (Å²) in [4.78, 5) is 10.3. The minimum Gasteiger partial charge on any atom is -0.481 e. The summed E-state index contributed by atoms with van der Waals surface area (Å²) in [5, 5.41) is 18.1. The number of rotatable bonds is 11. The molecule has 2 N–H and O–H groups in total. The smallest absolute Gasteiger partial charge is 0.303 e. The third kappa shape index (κ3) is 13.1. The van der Waals surface area contributed by atoms with Crippen LogP contribution in [0.2, 0.25) is 0 Å². The number of allylic oxidation sites excluding steroid dienone is 1. The van der Waals surface area contributed by atoms with Crippen LogP contribution in [-0.4, -0.2) is 22.3 Å². The van der Waals surface area contributed by atoms with Crippen LogP contribution in [-0.2, 0) is 4.79 Å². The van der Waals surface area contributed by atoms with Gasteiger partial charge in [-0.15, -0.1) is 0 Å². The van der Waals surface area contributed by atoms with Crippen LogP contribution in [0.25, 0.3) is 0 Å². The Morgan fingerprint density at radius 1 is 1.18 bits per heavy atom. The highest BCUT2D eigenvalue weighted by Gasteiger charge is 2.00. The molecule has 0 bridgehead atoms. The van der Waals surface area contributed by atoms with E-state index in [1.54, 1.807) is 0 Å². The average Bonchev–Trinajstić information content (AvgIpc) is 2.28. The maximum Gasteiger partial charge on any atom is 0.303 e. The maximum absolute atomic E-state index is 10.3. The predicted molar refractivity (Wildman–Crippen MR) is 70.0 cm³/mol. The molecule has 0 aromatic carbocycles. The van der Waals surface area contributed by atoms with E-state index >= 15 is 0 Å². The van der Waals surface area contributed by atoms with Gasteiger partial charge in [-0.05, 0) is 32.1 Å². The molecule has 3 nitrogen and oxygen atoms in total. The summed E-state index contributed by atoms with van der Waals surface area (Å²) in [7, 11) is 0. The molecule has 0 unspecified atom stereocenters. The van der Waals surface area contributed by atoms with Crippen LogP contribution in [0.3, 0.4) is 0 Å². The summed E-state index contributed by atoms with van der Waals surface area (Å²) in [5.41, 5.74) is 0. The largest absolute Gasteiger partial charge is 0.481 e. The second-order valence-electron chi connectivity index (χ2n) is 4.50. The number of hydrogen-bond acceptors (Lipinski definition) is 2. The van der Waals surface area contributed by atoms with Gasteiger partial charge in [-0.1, -0.05) is 38.3 Å². The van der Waals surface area contributed by atoms with Crippen molar-refractivity contribution in [3.63, 3.8) is 0 Å². The van der Waals surface area contributed by atoms with Gasteiger partial charge in [0.2, 0.25) is 0 Å². The summed E-state index contributed by atoms with van der Waals surface area (Å²) in [6.45, 7) is 2.16. The van der Waals surface area contributed by atoms with Gasteiger partial charge >= 0.3 is 5.97 Å². The van der Waals surface area contributed by atoms with Crippen molar-refractivity contribution in [2.24, 2.45) is 0 Å². The molecule has 0 aromatic heterocycles. The fraction of sp³-hybridized carbons (Fsp3) is 0.786. The molecule has 0 radical (unpaired) electrons. The van der Waals surface area contributed by atoms with Crippen LogP contribution in [0.5, 0.6) is 0 Å². The molecule has 1 atom stereocenters. The highest BCUT2D eigenvalue weighted by Crippen LogP contribution is 2.07. The molecule has 17 heavy (non-hydrogen) atoms. The molecule has 0 fully saturated rings. The Morgan fingerprint density at radius 3 is 2.59 bits per heavy atom. The first-order valence-electron chi connectivity index (χ1n) is 6.71. The quantitative estimate of drug-likeness (QED) is 0.430. The van der Waals surface area contributed by atoms with Gasteiger partial charge in [-0.25, -0.2) is 0 Å². The SMILES string of the molecule is CCCCC[C@@H](O)CC=CCCCCC(=O)O. The molecular formula is C14H26O3. The Balaban J connectivity index is 3.31. The first-order chi connectivity index (χ1) is 8.16. The summed E-state index contributed by atoms with van der Waals surface area (Å²) in [6, 6.07) is 0. The first kappa shape index (κ1) is 16.2. The maximum atomic E-state index is 10.3. The van der Waals surface area contributed by atoms with Crippen LogP contribution >= 0.6 is 0 Å². The number of aliphatic hydroxyl groups excluding tert-OH is 1. The van der Waals surface area contributed by atoms with Crippen molar-refractivity contribution < 1.29 is 15.0 Å². The van der Waals surface area contributed by atoms with Crippen molar-refractivity contribution in [2.45, 2.75) is 70.8 Å². The van der Waals surface area contributed by atoms with Crippen molar-refractivity contribution in [1.29, 1.82) is 0 Å². The van der Waals surface area contributed by atoms with Gasteiger partial charge < -0.3 is 10.2 Å². The Kier molecular flexibility index (Phi) is 11.1. The minimum absolute atomic E-state index is 0.211. The molecular weight excluding hydrogens is 216 g/mol. The van der Waals surface area contributed by atoms with Gasteiger partial charge in [0.15, 0.2) is 0 Å². The molecule has 100 valence electrons. The van der Waals surface area contributed by atoms with Gasteiger partial charge in [-0.3, -0.25) is 4.79 Å². The van der Waals surface area contributed by atoms with Crippen molar-refractivity contribution in [2.75, 3.05) is 0 Å². The predicted octanol–water partition coefficient (Wildman–Crippen LogP) is 3.52. The third-order valence-electron chi connectivity index (χ3n) is 2.73. The zero-order chi connectivity index (χ0) is 12.9. The molecule has 0 heterocycles. The lowest BCUT2D eigenvalue weighted by atomic mass is 10.1. The second-order valence-corrected chi connectivity index (χ2v) is 4.50. The molecule has 0 amide bonds. The number of carboxylic acids is 1. The Labute approximate surface area is 105 Å². The van der Waals surface area contributed by atoms with E-state index in [2.05, 4.69) is 6.92 Å². The molecule has 3 heteroatoms. The van der Waals surface area contributed by atoms with Gasteiger partial charge in [-0.2, -0.15) is 0 Å². The van der Waals surface area contributed by atoms with Crippen molar-refractivity contribution in [1.82, 2.24) is 0 Å². The van der Waals surface area contributed by atoms with Crippen LogP contribution < -0.4 is 0 Å². The zero-order valence-corrected chi connectivity index (χ0v) is 10.9. The highest BCUT2D eigenvalue weighted by atomic mass is 16.4. The van der Waals surface area contributed by atoms with E-state index in [4.69, 9.17) is 5.11 Å². The van der Waals surface area contributed by atoms with Crippen LogP contribution in [0.4, 0.5) is 0 Å². The summed E-state index contributed by atoms with van der Waals surface area (Å²) >= 11 is 0. The lowest BCUT2D eigenvalue weighted by molar-refractivity contribution is -0.137. The normalized spacial score (nSPS) is 13.1. The molecule has 0 aliphatic rings. The lowest BCUT2D eigenvalue weighted by Gasteiger charge is -2.06. The van der Waals surface area contributed by atoms with E-state index in [0.29, 0.717) is 0 Å². The fourth-order valence-corrected chi connectivity index (χ4v) is 1.66. The number of aliphatic carboxylic acids is 1. The molecule has 0 saturated carbocycles. The summed E-state index contributed by atoms with van der Waals surface area (Å²) in [6.07, 6.45) is 11.8. The molecule has 0 rings (SSSR count). The number of unbranched alkanes of at least 4 members (excludes halogenated alkanes) is 4. The number of carbonyl (C=O) groups is 1. The van der Waals surface area contributed by atoms with Crippen LogP contribution in [0, 0.1) is 0 Å². The number of carboxylic acid groups (broad SMARTS) is 1. The van der Waals surface area contributed by atoms with Crippen molar-refractivity contribution in [3.05, 3.63) is 12.2 Å². The molecule has 0 aromatic rings. The van der Waals surface area contributed by atoms with Crippen LogP contribution in [0.1, 0.15) is 64.7 Å². The van der Waals surface area contributed by atoms with E-state index in [0.717, 1.165) is 38.5 Å². The zero-order valence-electron chi connectivity index (χ0n) is 10.9. The van der Waals surface area contributed by atoms with E-state index in [-0.39, 0.29) is 12.5 Å². The van der Waals surface area contributed by atoms with Gasteiger partial charge in [0.1, 0.15) is 0 Å². The van der Waals surface area contributed by atoms with E-state index < -0.39 is 5.97 Å². The van der Waals surface area contributed by atoms with Crippen molar-refractivity contribution >= 4 is 5.97 Å². The van der Waals surface area contributed by atoms with Gasteiger partial charge in [0.05, 0.1) is 6.10 Å². The Morgan fingerprint density at radius 2 is 1.94 bits per heavy atom. The van der Waals surface area contributed by atoms with E-state index in [9.17, 15) is 9.90 Å². The molecule has 0 aliphatic carbocycles. The molecule has 0 spiro atoms. The Bertz CT molecular complexity index is 212. The first-order valence-corrected chi connectivity index (χ1v) is 6.71. The lowest BCUT2D eigenvalue weighted by Crippen LogP contribution is -2.04. The van der Waals surface area contributed by atoms with E-state index in [1.807, 2.05) is 12.2 Å². The number of hydrogen-bond donors (Lipinski definition) is 2. The van der Waals surface area contributed by atoms with Crippen molar-refractivity contribution in [3.8, 4) is 0 Å². The van der Waals surface area contributed by atoms with Gasteiger partial charge in [0, 0.05) is 6.42 Å². The summed E-state index contributed by atoms with van der Waals surface area (Å²) in [5.74, 6) is -0.722. The second kappa shape index (κ2) is 11.6. The minimum atomic E-state index is -0.722. The standard InChI is InChI=1S/C14H26O3/c1-2-3-7-10-13(15)11-8-5-4-6-9-12-14(16)17/h5,8,13,15H,2-4,6-7,9-12H2,1H3,(H,16,17)/t13-/m1/s1. The van der Waals surface area contributed by atoms with E-state index in [1.165, 1.54) is 12.8 Å². The number of aliphatic hydroxyl groups is 1. The monoisotopic (exact) mass is 242 g/mol. The molecule has 0 saturated heterocycles. The average molecular weight is 242 g/mol. The Hall–Kier alpha value is -0.830. The highest BCUT2D eigenvalue weighted by molar-refractivity contribution is 5.66.